The monoisotopic (exact) mass is 350 g/mol. The van der Waals surface area contributed by atoms with Crippen molar-refractivity contribution < 1.29 is 0 Å². The van der Waals surface area contributed by atoms with Crippen molar-refractivity contribution >= 4 is 11.6 Å². The molecule has 0 atom stereocenters. The number of hydrogen-bond acceptors (Lipinski definition) is 6. The Hall–Kier alpha value is -2.24. The Morgan fingerprint density at radius 1 is 1.00 bits per heavy atom. The Bertz CT molecular complexity index is 780. The first-order chi connectivity index (χ1) is 12.8. The van der Waals surface area contributed by atoms with Crippen molar-refractivity contribution in [3.63, 3.8) is 0 Å². The lowest BCUT2D eigenvalue weighted by molar-refractivity contribution is 0.519. The number of piperidine rings is 1. The van der Waals surface area contributed by atoms with E-state index in [4.69, 9.17) is 4.98 Å². The Labute approximate surface area is 154 Å². The van der Waals surface area contributed by atoms with E-state index in [0.29, 0.717) is 12.0 Å². The largest absolute Gasteiger partial charge is 0.367 e. The van der Waals surface area contributed by atoms with Crippen LogP contribution in [0.4, 0.5) is 11.6 Å². The molecule has 1 saturated carbocycles. The number of rotatable bonds is 4. The summed E-state index contributed by atoms with van der Waals surface area (Å²) in [6.07, 6.45) is 11.4. The average molecular weight is 350 g/mol. The Morgan fingerprint density at radius 3 is 2.69 bits per heavy atom. The SMILES string of the molecule is c1cc(NC2CCN(c3cc4c(nn3)CCCC4)CC2)nc(C2CC2)n1. The van der Waals surface area contributed by atoms with Crippen LogP contribution in [0.25, 0.3) is 0 Å². The van der Waals surface area contributed by atoms with Crippen LogP contribution in [-0.2, 0) is 12.8 Å². The van der Waals surface area contributed by atoms with Gasteiger partial charge in [0, 0.05) is 31.2 Å². The number of anilines is 2. The standard InChI is InChI=1S/C20H26N6/c1-2-4-17-15(3-1)13-19(25-24-17)26-11-8-16(9-12-26)22-18-7-10-21-20(23-18)14-5-6-14/h7,10,13-14,16H,1-6,8-9,11-12H2,(H,21,22,23). The minimum absolute atomic E-state index is 0.471. The highest BCUT2D eigenvalue weighted by atomic mass is 15.3. The van der Waals surface area contributed by atoms with E-state index < -0.39 is 0 Å². The fraction of sp³-hybridized carbons (Fsp3) is 0.600. The van der Waals surface area contributed by atoms with Crippen LogP contribution >= 0.6 is 0 Å². The first kappa shape index (κ1) is 16.0. The van der Waals surface area contributed by atoms with Crippen LogP contribution in [0, 0.1) is 0 Å². The molecule has 1 aliphatic heterocycles. The fourth-order valence-corrected chi connectivity index (χ4v) is 4.09. The molecule has 2 fully saturated rings. The molecule has 3 aliphatic rings. The summed E-state index contributed by atoms with van der Waals surface area (Å²) in [5, 5.41) is 12.6. The predicted octanol–water partition coefficient (Wildman–Crippen LogP) is 3.10. The van der Waals surface area contributed by atoms with E-state index >= 15 is 0 Å². The van der Waals surface area contributed by atoms with Gasteiger partial charge in [0.15, 0.2) is 5.82 Å². The highest BCUT2D eigenvalue weighted by molar-refractivity contribution is 5.43. The molecule has 0 radical (unpaired) electrons. The predicted molar refractivity (Wildman–Crippen MR) is 102 cm³/mol. The first-order valence-corrected chi connectivity index (χ1v) is 10.0. The van der Waals surface area contributed by atoms with Crippen LogP contribution in [0.5, 0.6) is 0 Å². The van der Waals surface area contributed by atoms with Gasteiger partial charge in [-0.05, 0) is 69.1 Å². The second kappa shape index (κ2) is 6.82. The Kier molecular flexibility index (Phi) is 4.19. The van der Waals surface area contributed by atoms with Crippen molar-refractivity contribution in [3.8, 4) is 0 Å². The molecule has 6 heteroatoms. The number of aryl methyl sites for hydroxylation is 2. The van der Waals surface area contributed by atoms with E-state index in [1.54, 1.807) is 0 Å². The van der Waals surface area contributed by atoms with Gasteiger partial charge < -0.3 is 10.2 Å². The van der Waals surface area contributed by atoms with Crippen LogP contribution in [0.15, 0.2) is 18.3 Å². The van der Waals surface area contributed by atoms with Crippen molar-refractivity contribution in [1.29, 1.82) is 0 Å². The van der Waals surface area contributed by atoms with Crippen LogP contribution in [0.1, 0.15) is 61.5 Å². The summed E-state index contributed by atoms with van der Waals surface area (Å²) in [6.45, 7) is 2.04. The second-order valence-corrected chi connectivity index (χ2v) is 7.86. The zero-order valence-corrected chi connectivity index (χ0v) is 15.2. The van der Waals surface area contributed by atoms with Gasteiger partial charge in [0.1, 0.15) is 11.6 Å². The molecule has 1 saturated heterocycles. The summed E-state index contributed by atoms with van der Waals surface area (Å²) in [6, 6.07) is 4.74. The lowest BCUT2D eigenvalue weighted by atomic mass is 9.96. The molecule has 5 rings (SSSR count). The van der Waals surface area contributed by atoms with Crippen molar-refractivity contribution in [2.24, 2.45) is 0 Å². The van der Waals surface area contributed by atoms with Crippen molar-refractivity contribution in [1.82, 2.24) is 20.2 Å². The zero-order valence-electron chi connectivity index (χ0n) is 15.2. The molecule has 136 valence electrons. The number of fused-ring (bicyclic) bond motifs is 1. The van der Waals surface area contributed by atoms with E-state index in [2.05, 4.69) is 31.5 Å². The Balaban J connectivity index is 1.20. The zero-order chi connectivity index (χ0) is 17.3. The highest BCUT2D eigenvalue weighted by Crippen LogP contribution is 2.38. The highest BCUT2D eigenvalue weighted by Gasteiger charge is 2.27. The number of aromatic nitrogens is 4. The molecular weight excluding hydrogens is 324 g/mol. The molecule has 2 aromatic rings. The molecule has 2 aromatic heterocycles. The summed E-state index contributed by atoms with van der Waals surface area (Å²) in [7, 11) is 0. The third kappa shape index (κ3) is 3.37. The molecule has 3 heterocycles. The van der Waals surface area contributed by atoms with E-state index in [1.165, 1.54) is 36.9 Å². The van der Waals surface area contributed by atoms with Gasteiger partial charge >= 0.3 is 0 Å². The topological polar surface area (TPSA) is 66.8 Å². The Morgan fingerprint density at radius 2 is 1.85 bits per heavy atom. The molecule has 0 spiro atoms. The van der Waals surface area contributed by atoms with Gasteiger partial charge in [-0.15, -0.1) is 5.10 Å². The normalized spacial score (nSPS) is 20.7. The molecule has 0 amide bonds. The van der Waals surface area contributed by atoms with Crippen molar-refractivity contribution in [3.05, 3.63) is 35.4 Å². The molecule has 0 bridgehead atoms. The summed E-state index contributed by atoms with van der Waals surface area (Å²) in [5.41, 5.74) is 2.63. The van der Waals surface area contributed by atoms with Crippen LogP contribution < -0.4 is 10.2 Å². The molecule has 6 nitrogen and oxygen atoms in total. The molecule has 0 unspecified atom stereocenters. The lowest BCUT2D eigenvalue weighted by Gasteiger charge is -2.33. The van der Waals surface area contributed by atoms with Gasteiger partial charge in [-0.1, -0.05) is 0 Å². The van der Waals surface area contributed by atoms with E-state index in [9.17, 15) is 0 Å². The molecule has 1 N–H and O–H groups in total. The van der Waals surface area contributed by atoms with Gasteiger partial charge in [0.25, 0.3) is 0 Å². The van der Waals surface area contributed by atoms with Crippen molar-refractivity contribution in [2.75, 3.05) is 23.3 Å². The molecule has 2 aliphatic carbocycles. The maximum absolute atomic E-state index is 4.70. The summed E-state index contributed by atoms with van der Waals surface area (Å²) >= 11 is 0. The fourth-order valence-electron chi connectivity index (χ4n) is 4.09. The number of nitrogens with zero attached hydrogens (tertiary/aromatic N) is 5. The third-order valence-electron chi connectivity index (χ3n) is 5.84. The first-order valence-electron chi connectivity index (χ1n) is 10.0. The molecular formula is C20H26N6. The summed E-state index contributed by atoms with van der Waals surface area (Å²) in [5.74, 6) is 3.65. The maximum atomic E-state index is 4.70. The van der Waals surface area contributed by atoms with Crippen LogP contribution in [-0.4, -0.2) is 39.3 Å². The van der Waals surface area contributed by atoms with Crippen molar-refractivity contribution in [2.45, 2.75) is 63.3 Å². The lowest BCUT2D eigenvalue weighted by Crippen LogP contribution is -2.40. The maximum Gasteiger partial charge on any atom is 0.151 e. The van der Waals surface area contributed by atoms with Gasteiger partial charge in [-0.25, -0.2) is 9.97 Å². The van der Waals surface area contributed by atoms with Gasteiger partial charge in [-0.2, -0.15) is 5.10 Å². The quantitative estimate of drug-likeness (QED) is 0.914. The van der Waals surface area contributed by atoms with Crippen LogP contribution in [0.3, 0.4) is 0 Å². The second-order valence-electron chi connectivity index (χ2n) is 7.86. The average Bonchev–Trinajstić information content (AvgIpc) is 3.54. The molecule has 26 heavy (non-hydrogen) atoms. The third-order valence-corrected chi connectivity index (χ3v) is 5.84. The van der Waals surface area contributed by atoms with Gasteiger partial charge in [-0.3, -0.25) is 0 Å². The minimum Gasteiger partial charge on any atom is -0.367 e. The smallest absolute Gasteiger partial charge is 0.151 e. The van der Waals surface area contributed by atoms with E-state index in [1.807, 2.05) is 12.3 Å². The van der Waals surface area contributed by atoms with E-state index in [-0.39, 0.29) is 0 Å². The van der Waals surface area contributed by atoms with Gasteiger partial charge in [0.05, 0.1) is 5.69 Å². The summed E-state index contributed by atoms with van der Waals surface area (Å²) < 4.78 is 0. The minimum atomic E-state index is 0.471. The van der Waals surface area contributed by atoms with E-state index in [0.717, 1.165) is 56.2 Å². The molecule has 0 aromatic carbocycles. The number of hydrogen-bond donors (Lipinski definition) is 1. The number of nitrogens with one attached hydrogen (secondary N) is 1. The summed E-state index contributed by atoms with van der Waals surface area (Å²) in [4.78, 5) is 11.5. The van der Waals surface area contributed by atoms with Crippen LogP contribution in [0.2, 0.25) is 0 Å². The van der Waals surface area contributed by atoms with Gasteiger partial charge in [0.2, 0.25) is 0 Å².